The molecule has 0 saturated carbocycles. The molecular weight excluding hydrogens is 583 g/mol. The van der Waals surface area contributed by atoms with Crippen LogP contribution in [0.5, 0.6) is 0 Å². The summed E-state index contributed by atoms with van der Waals surface area (Å²) in [5.74, 6) is 0.619. The zero-order valence-corrected chi connectivity index (χ0v) is 25.3. The lowest BCUT2D eigenvalue weighted by molar-refractivity contribution is 0.670. The molecule has 4 nitrogen and oxygen atoms in total. The lowest BCUT2D eigenvalue weighted by Gasteiger charge is -2.10. The summed E-state index contributed by atoms with van der Waals surface area (Å²) in [5.41, 5.74) is 10.1. The Bertz CT molecular complexity index is 2650. The van der Waals surface area contributed by atoms with Crippen LogP contribution in [0.3, 0.4) is 0 Å². The fourth-order valence-corrected chi connectivity index (χ4v) is 7.54. The molecule has 46 heavy (non-hydrogen) atoms. The minimum Gasteiger partial charge on any atom is -0.455 e. The van der Waals surface area contributed by atoms with Crippen LogP contribution in [-0.2, 0) is 0 Å². The van der Waals surface area contributed by atoms with Crippen molar-refractivity contribution in [2.75, 3.05) is 0 Å². The third-order valence-corrected chi connectivity index (χ3v) is 9.68. The van der Waals surface area contributed by atoms with Gasteiger partial charge in [0.2, 0.25) is 0 Å². The van der Waals surface area contributed by atoms with E-state index in [1.807, 2.05) is 54.6 Å². The maximum atomic E-state index is 9.68. The zero-order valence-electron chi connectivity index (χ0n) is 24.4. The number of rotatable bonds is 4. The summed E-state index contributed by atoms with van der Waals surface area (Å²) in [6.45, 7) is 0. The van der Waals surface area contributed by atoms with Crippen molar-refractivity contribution in [1.82, 2.24) is 9.97 Å². The molecule has 0 bridgehead atoms. The van der Waals surface area contributed by atoms with E-state index in [4.69, 9.17) is 14.4 Å². The lowest BCUT2D eigenvalue weighted by atomic mass is 9.95. The maximum Gasteiger partial charge on any atom is 0.161 e. The van der Waals surface area contributed by atoms with Crippen LogP contribution in [-0.4, -0.2) is 9.97 Å². The summed E-state index contributed by atoms with van der Waals surface area (Å²) >= 11 is 1.68. The standard InChI is InChI=1S/C41H23N3OS/c42-24-25-11-9-16-28(21-25)37-40-38(30-17-7-8-20-35(30)46-40)44-41(43-37)31-18-10-19-34-36(31)33-23-29(26-12-3-1-4-13-26)22-32(39(33)45-34)27-14-5-2-6-15-27/h1-23H. The van der Waals surface area contributed by atoms with E-state index in [1.54, 1.807) is 11.3 Å². The molecule has 3 heterocycles. The lowest BCUT2D eigenvalue weighted by Crippen LogP contribution is -1.94. The van der Waals surface area contributed by atoms with Gasteiger partial charge >= 0.3 is 0 Å². The van der Waals surface area contributed by atoms with Crippen molar-refractivity contribution in [2.45, 2.75) is 0 Å². The Hall–Kier alpha value is -6.09. The normalized spacial score (nSPS) is 11.5. The Kier molecular flexibility index (Phi) is 6.02. The molecule has 214 valence electrons. The monoisotopic (exact) mass is 605 g/mol. The Morgan fingerprint density at radius 1 is 0.587 bits per heavy atom. The van der Waals surface area contributed by atoms with Crippen molar-refractivity contribution in [3.05, 3.63) is 145 Å². The van der Waals surface area contributed by atoms with Gasteiger partial charge < -0.3 is 4.42 Å². The highest BCUT2D eigenvalue weighted by Crippen LogP contribution is 2.44. The van der Waals surface area contributed by atoms with E-state index < -0.39 is 0 Å². The van der Waals surface area contributed by atoms with E-state index in [0.717, 1.165) is 81.3 Å². The Balaban J connectivity index is 1.38. The van der Waals surface area contributed by atoms with Crippen LogP contribution in [0.2, 0.25) is 0 Å². The quantitative estimate of drug-likeness (QED) is 0.200. The Morgan fingerprint density at radius 2 is 1.33 bits per heavy atom. The van der Waals surface area contributed by atoms with Gasteiger partial charge in [0.05, 0.1) is 27.5 Å². The molecule has 5 heteroatoms. The molecule has 0 amide bonds. The number of furan rings is 1. The summed E-state index contributed by atoms with van der Waals surface area (Å²) in [6.07, 6.45) is 0. The molecule has 0 aliphatic rings. The highest BCUT2D eigenvalue weighted by Gasteiger charge is 2.22. The van der Waals surface area contributed by atoms with Gasteiger partial charge in [-0.3, -0.25) is 0 Å². The summed E-state index contributed by atoms with van der Waals surface area (Å²) in [5, 5.41) is 12.8. The van der Waals surface area contributed by atoms with Gasteiger partial charge in [0, 0.05) is 37.5 Å². The highest BCUT2D eigenvalue weighted by atomic mass is 32.1. The maximum absolute atomic E-state index is 9.68. The Labute approximate surface area is 268 Å². The van der Waals surface area contributed by atoms with Crippen molar-refractivity contribution in [2.24, 2.45) is 0 Å². The number of fused-ring (bicyclic) bond motifs is 6. The van der Waals surface area contributed by atoms with E-state index in [9.17, 15) is 5.26 Å². The van der Waals surface area contributed by atoms with E-state index in [1.165, 1.54) is 0 Å². The number of benzene rings is 6. The van der Waals surface area contributed by atoms with Crippen LogP contribution in [0.4, 0.5) is 0 Å². The van der Waals surface area contributed by atoms with Gasteiger partial charge in [-0.2, -0.15) is 5.26 Å². The van der Waals surface area contributed by atoms with Crippen molar-refractivity contribution >= 4 is 53.6 Å². The molecule has 0 atom stereocenters. The first kappa shape index (κ1) is 26.3. The predicted molar refractivity (Wildman–Crippen MR) is 189 cm³/mol. The van der Waals surface area contributed by atoms with Crippen molar-refractivity contribution < 1.29 is 4.42 Å². The smallest absolute Gasteiger partial charge is 0.161 e. The molecule has 6 aromatic carbocycles. The summed E-state index contributed by atoms with van der Waals surface area (Å²) < 4.78 is 8.84. The summed E-state index contributed by atoms with van der Waals surface area (Å²) in [6, 6.07) is 49.7. The number of thiophene rings is 1. The summed E-state index contributed by atoms with van der Waals surface area (Å²) in [4.78, 5) is 10.5. The molecule has 0 spiro atoms. The fraction of sp³-hybridized carbons (Fsp3) is 0. The number of hydrogen-bond acceptors (Lipinski definition) is 5. The average molecular weight is 606 g/mol. The van der Waals surface area contributed by atoms with Gasteiger partial charge in [0.1, 0.15) is 11.2 Å². The third-order valence-electron chi connectivity index (χ3n) is 8.51. The largest absolute Gasteiger partial charge is 0.455 e. The van der Waals surface area contributed by atoms with Crippen LogP contribution < -0.4 is 0 Å². The van der Waals surface area contributed by atoms with Gasteiger partial charge in [0.25, 0.3) is 0 Å². The SMILES string of the molecule is N#Cc1cccc(-c2nc(-c3cccc4oc5c(-c6ccccc6)cc(-c6ccccc6)cc5c34)nc3c2sc2ccccc23)c1. The number of nitriles is 1. The molecule has 0 fully saturated rings. The van der Waals surface area contributed by atoms with E-state index in [0.29, 0.717) is 11.4 Å². The van der Waals surface area contributed by atoms with Crippen LogP contribution in [0.15, 0.2) is 144 Å². The molecule has 0 saturated heterocycles. The second-order valence-corrected chi connectivity index (χ2v) is 12.3. The second kappa shape index (κ2) is 10.5. The van der Waals surface area contributed by atoms with Gasteiger partial charge in [-0.05, 0) is 53.1 Å². The fourth-order valence-electron chi connectivity index (χ4n) is 6.39. The average Bonchev–Trinajstić information content (AvgIpc) is 3.70. The first-order valence-corrected chi connectivity index (χ1v) is 15.9. The molecular formula is C41H23N3OS. The molecule has 0 aliphatic heterocycles. The molecule has 0 radical (unpaired) electrons. The van der Waals surface area contributed by atoms with Gasteiger partial charge in [-0.1, -0.05) is 103 Å². The van der Waals surface area contributed by atoms with Crippen LogP contribution in [0.25, 0.3) is 87.1 Å². The number of hydrogen-bond donors (Lipinski definition) is 0. The van der Waals surface area contributed by atoms with Crippen molar-refractivity contribution in [3.8, 4) is 51.0 Å². The molecule has 3 aromatic heterocycles. The molecule has 0 aliphatic carbocycles. The number of aromatic nitrogens is 2. The minimum absolute atomic E-state index is 0.594. The van der Waals surface area contributed by atoms with Gasteiger partial charge in [-0.15, -0.1) is 11.3 Å². The second-order valence-electron chi connectivity index (χ2n) is 11.3. The molecule has 9 rings (SSSR count). The van der Waals surface area contributed by atoms with Gasteiger partial charge in [-0.25, -0.2) is 9.97 Å². The van der Waals surface area contributed by atoms with Crippen LogP contribution in [0.1, 0.15) is 5.56 Å². The molecule has 9 aromatic rings. The topological polar surface area (TPSA) is 62.7 Å². The minimum atomic E-state index is 0.594. The van der Waals surface area contributed by atoms with Gasteiger partial charge in [0.15, 0.2) is 5.82 Å². The van der Waals surface area contributed by atoms with E-state index in [-0.39, 0.29) is 0 Å². The Morgan fingerprint density at radius 3 is 2.15 bits per heavy atom. The summed E-state index contributed by atoms with van der Waals surface area (Å²) in [7, 11) is 0. The predicted octanol–water partition coefficient (Wildman–Crippen LogP) is 11.3. The van der Waals surface area contributed by atoms with Crippen molar-refractivity contribution in [3.63, 3.8) is 0 Å². The van der Waals surface area contributed by atoms with Crippen LogP contribution in [0, 0.1) is 11.3 Å². The zero-order chi connectivity index (χ0) is 30.6. The van der Waals surface area contributed by atoms with E-state index >= 15 is 0 Å². The number of nitrogens with zero attached hydrogens (tertiary/aromatic N) is 3. The highest BCUT2D eigenvalue weighted by molar-refractivity contribution is 7.26. The molecule has 0 N–H and O–H groups in total. The first-order chi connectivity index (χ1) is 22.7. The van der Waals surface area contributed by atoms with E-state index in [2.05, 4.69) is 91.0 Å². The first-order valence-electron chi connectivity index (χ1n) is 15.1. The third kappa shape index (κ3) is 4.20. The van der Waals surface area contributed by atoms with Crippen molar-refractivity contribution in [1.29, 1.82) is 5.26 Å². The molecule has 0 unspecified atom stereocenters. The van der Waals surface area contributed by atoms with Crippen LogP contribution >= 0.6 is 11.3 Å².